The summed E-state index contributed by atoms with van der Waals surface area (Å²) >= 11 is 0. The third-order valence-electron chi connectivity index (χ3n) is 3.98. The van der Waals surface area contributed by atoms with Gasteiger partial charge in [0.25, 0.3) is 11.8 Å². The van der Waals surface area contributed by atoms with Gasteiger partial charge >= 0.3 is 6.03 Å². The SMILES string of the molecule is CC1=CC(=C2C(=O)NC(=O)NC2=O)C=C(C=Cc2ccc(N(C)C)cc2)O1. The van der Waals surface area contributed by atoms with E-state index in [4.69, 9.17) is 4.74 Å². The Bertz CT molecular complexity index is 912. The Morgan fingerprint density at radius 1 is 0.926 bits per heavy atom. The highest BCUT2D eigenvalue weighted by molar-refractivity contribution is 6.29. The molecule has 7 nitrogen and oxygen atoms in total. The van der Waals surface area contributed by atoms with Crippen LogP contribution in [0, 0.1) is 0 Å². The normalized spacial score (nSPS) is 17.2. The fraction of sp³-hybridized carbons (Fsp3) is 0.150. The highest BCUT2D eigenvalue weighted by atomic mass is 16.5. The average molecular weight is 365 g/mol. The number of urea groups is 1. The summed E-state index contributed by atoms with van der Waals surface area (Å²) < 4.78 is 5.65. The zero-order chi connectivity index (χ0) is 19.6. The molecule has 27 heavy (non-hydrogen) atoms. The van der Waals surface area contributed by atoms with E-state index in [0.29, 0.717) is 17.1 Å². The van der Waals surface area contributed by atoms with E-state index in [1.165, 1.54) is 0 Å². The third kappa shape index (κ3) is 4.14. The molecule has 7 heteroatoms. The Morgan fingerprint density at radius 3 is 2.15 bits per heavy atom. The number of hydrogen-bond acceptors (Lipinski definition) is 5. The summed E-state index contributed by atoms with van der Waals surface area (Å²) in [6, 6.07) is 7.13. The fourth-order valence-corrected chi connectivity index (χ4v) is 2.67. The van der Waals surface area contributed by atoms with Gasteiger partial charge in [-0.2, -0.15) is 0 Å². The average Bonchev–Trinajstić information content (AvgIpc) is 2.59. The van der Waals surface area contributed by atoms with E-state index < -0.39 is 17.8 Å². The molecule has 0 unspecified atom stereocenters. The number of carbonyl (C=O) groups is 3. The van der Waals surface area contributed by atoms with Crippen molar-refractivity contribution in [1.82, 2.24) is 10.6 Å². The van der Waals surface area contributed by atoms with Crippen molar-refractivity contribution in [3.05, 3.63) is 70.7 Å². The minimum atomic E-state index is -0.826. The summed E-state index contributed by atoms with van der Waals surface area (Å²) in [6.07, 6.45) is 6.79. The highest BCUT2D eigenvalue weighted by Crippen LogP contribution is 2.24. The molecule has 1 fully saturated rings. The Balaban J connectivity index is 1.88. The first-order valence-electron chi connectivity index (χ1n) is 8.28. The monoisotopic (exact) mass is 365 g/mol. The quantitative estimate of drug-likeness (QED) is 0.634. The molecule has 0 aromatic heterocycles. The molecule has 2 heterocycles. The van der Waals surface area contributed by atoms with Crippen LogP contribution in [0.5, 0.6) is 0 Å². The second-order valence-corrected chi connectivity index (χ2v) is 6.29. The topological polar surface area (TPSA) is 87.7 Å². The van der Waals surface area contributed by atoms with E-state index in [1.807, 2.05) is 49.3 Å². The Morgan fingerprint density at radius 2 is 1.56 bits per heavy atom. The van der Waals surface area contributed by atoms with Gasteiger partial charge in [-0.1, -0.05) is 18.2 Å². The first kappa shape index (κ1) is 18.2. The summed E-state index contributed by atoms with van der Waals surface area (Å²) in [5.41, 5.74) is 2.32. The molecule has 3 rings (SSSR count). The number of anilines is 1. The molecule has 1 aromatic carbocycles. The van der Waals surface area contributed by atoms with Crippen LogP contribution in [0.4, 0.5) is 10.5 Å². The van der Waals surface area contributed by atoms with Gasteiger partial charge in [0.2, 0.25) is 0 Å². The number of imide groups is 2. The van der Waals surface area contributed by atoms with Gasteiger partial charge in [0.05, 0.1) is 0 Å². The number of carbonyl (C=O) groups excluding carboxylic acids is 3. The van der Waals surface area contributed by atoms with Crippen molar-refractivity contribution >= 4 is 29.6 Å². The van der Waals surface area contributed by atoms with Crippen molar-refractivity contribution in [1.29, 1.82) is 0 Å². The van der Waals surface area contributed by atoms with E-state index in [0.717, 1.165) is 11.3 Å². The van der Waals surface area contributed by atoms with Crippen molar-refractivity contribution in [2.75, 3.05) is 19.0 Å². The van der Waals surface area contributed by atoms with Crippen LogP contribution in [0.3, 0.4) is 0 Å². The van der Waals surface area contributed by atoms with Crippen LogP contribution in [0.25, 0.3) is 6.08 Å². The van der Waals surface area contributed by atoms with Crippen molar-refractivity contribution in [3.63, 3.8) is 0 Å². The van der Waals surface area contributed by atoms with Gasteiger partial charge in [-0.05, 0) is 48.4 Å². The highest BCUT2D eigenvalue weighted by Gasteiger charge is 2.30. The molecule has 138 valence electrons. The lowest BCUT2D eigenvalue weighted by Crippen LogP contribution is -2.51. The molecule has 2 N–H and O–H groups in total. The maximum absolute atomic E-state index is 12.0. The summed E-state index contributed by atoms with van der Waals surface area (Å²) in [7, 11) is 3.95. The zero-order valence-electron chi connectivity index (χ0n) is 15.2. The second kappa shape index (κ2) is 7.33. The molecule has 0 saturated carbocycles. The molecule has 0 bridgehead atoms. The van der Waals surface area contributed by atoms with Gasteiger partial charge in [0.15, 0.2) is 0 Å². The number of nitrogens with one attached hydrogen (secondary N) is 2. The number of rotatable bonds is 3. The Hall–Kier alpha value is -3.61. The summed E-state index contributed by atoms with van der Waals surface area (Å²) in [6.45, 7) is 1.72. The predicted molar refractivity (Wildman–Crippen MR) is 101 cm³/mol. The van der Waals surface area contributed by atoms with Gasteiger partial charge in [0, 0.05) is 19.8 Å². The van der Waals surface area contributed by atoms with Crippen LogP contribution in [-0.2, 0) is 14.3 Å². The van der Waals surface area contributed by atoms with E-state index in [2.05, 4.69) is 10.6 Å². The van der Waals surface area contributed by atoms with Crippen molar-refractivity contribution in [2.45, 2.75) is 6.92 Å². The Labute approximate surface area is 156 Å². The predicted octanol–water partition coefficient (Wildman–Crippen LogP) is 2.25. The molecule has 4 amide bonds. The molecular weight excluding hydrogens is 346 g/mol. The number of allylic oxidation sites excluding steroid dienone is 5. The number of barbiturate groups is 1. The molecule has 2 aliphatic heterocycles. The number of amides is 4. The summed E-state index contributed by atoms with van der Waals surface area (Å²) in [5, 5.41) is 4.14. The molecule has 1 saturated heterocycles. The molecule has 0 aliphatic carbocycles. The number of hydrogen-bond donors (Lipinski definition) is 2. The lowest BCUT2D eigenvalue weighted by molar-refractivity contribution is -0.124. The van der Waals surface area contributed by atoms with Crippen LogP contribution in [0.1, 0.15) is 12.5 Å². The van der Waals surface area contributed by atoms with Gasteiger partial charge in [-0.25, -0.2) is 4.79 Å². The largest absolute Gasteiger partial charge is 0.462 e. The van der Waals surface area contributed by atoms with Crippen LogP contribution in [0.15, 0.2) is 65.2 Å². The standard InChI is InChI=1S/C20H19N3O4/c1-12-10-14(17-18(24)21-20(26)22-19(17)25)11-16(27-12)9-6-13-4-7-15(8-5-13)23(2)3/h4-11H,1-3H3,(H2,21,22,24,25,26). The van der Waals surface area contributed by atoms with E-state index >= 15 is 0 Å². The van der Waals surface area contributed by atoms with Gasteiger partial charge < -0.3 is 9.64 Å². The summed E-state index contributed by atoms with van der Waals surface area (Å²) in [4.78, 5) is 37.3. The molecular formula is C20H19N3O4. The second-order valence-electron chi connectivity index (χ2n) is 6.29. The van der Waals surface area contributed by atoms with Crippen LogP contribution < -0.4 is 15.5 Å². The Kier molecular flexibility index (Phi) is 4.94. The van der Waals surface area contributed by atoms with E-state index in [-0.39, 0.29) is 5.57 Å². The maximum Gasteiger partial charge on any atom is 0.328 e. The molecule has 1 aromatic rings. The van der Waals surface area contributed by atoms with Crippen LogP contribution in [-0.4, -0.2) is 31.9 Å². The van der Waals surface area contributed by atoms with Crippen molar-refractivity contribution < 1.29 is 19.1 Å². The zero-order valence-corrected chi connectivity index (χ0v) is 15.2. The first-order chi connectivity index (χ1) is 12.8. The number of ether oxygens (including phenoxy) is 1. The minimum absolute atomic E-state index is 0.126. The van der Waals surface area contributed by atoms with E-state index in [9.17, 15) is 14.4 Å². The molecule has 2 aliphatic rings. The maximum atomic E-state index is 12.0. The van der Waals surface area contributed by atoms with Gasteiger partial charge in [-0.3, -0.25) is 20.2 Å². The summed E-state index contributed by atoms with van der Waals surface area (Å²) in [5.74, 6) is -0.459. The van der Waals surface area contributed by atoms with Gasteiger partial charge in [0.1, 0.15) is 17.1 Å². The van der Waals surface area contributed by atoms with Crippen LogP contribution >= 0.6 is 0 Å². The minimum Gasteiger partial charge on any atom is -0.462 e. The van der Waals surface area contributed by atoms with Crippen molar-refractivity contribution in [3.8, 4) is 0 Å². The number of nitrogens with zero attached hydrogens (tertiary/aromatic N) is 1. The number of benzene rings is 1. The smallest absolute Gasteiger partial charge is 0.328 e. The third-order valence-corrected chi connectivity index (χ3v) is 3.98. The van der Waals surface area contributed by atoms with Gasteiger partial charge in [-0.15, -0.1) is 0 Å². The fourth-order valence-electron chi connectivity index (χ4n) is 2.67. The van der Waals surface area contributed by atoms with Crippen molar-refractivity contribution in [2.24, 2.45) is 0 Å². The lowest BCUT2D eigenvalue weighted by Gasteiger charge is -2.19. The molecule has 0 spiro atoms. The molecule has 0 radical (unpaired) electrons. The lowest BCUT2D eigenvalue weighted by atomic mass is 10.0. The first-order valence-corrected chi connectivity index (χ1v) is 8.28. The molecule has 0 atom stereocenters. The van der Waals surface area contributed by atoms with Crippen LogP contribution in [0.2, 0.25) is 0 Å². The van der Waals surface area contributed by atoms with E-state index in [1.54, 1.807) is 25.2 Å².